The Morgan fingerprint density at radius 3 is 2.26 bits per heavy atom. The fourth-order valence-corrected chi connectivity index (χ4v) is 3.96. The number of ether oxygens (including phenoxy) is 1. The molecule has 0 fully saturated rings. The summed E-state index contributed by atoms with van der Waals surface area (Å²) < 4.78 is 18.9. The summed E-state index contributed by atoms with van der Waals surface area (Å²) in [5.74, 6) is -1.40. The van der Waals surface area contributed by atoms with E-state index in [1.165, 1.54) is 24.1 Å². The molecule has 0 saturated heterocycles. The van der Waals surface area contributed by atoms with E-state index in [-0.39, 0.29) is 12.4 Å². The third-order valence-corrected chi connectivity index (χ3v) is 5.87. The molecule has 1 heterocycles. The maximum absolute atomic E-state index is 13.6. The number of nitrogens with zero attached hydrogens (tertiary/aromatic N) is 1. The van der Waals surface area contributed by atoms with Crippen LogP contribution in [0.1, 0.15) is 16.7 Å². The van der Waals surface area contributed by atoms with E-state index >= 15 is 0 Å². The van der Waals surface area contributed by atoms with Gasteiger partial charge in [-0.2, -0.15) is 0 Å². The quantitative estimate of drug-likeness (QED) is 0.499. The number of halogens is 1. The molecule has 176 valence electrons. The molecule has 7 nitrogen and oxygen atoms in total. The van der Waals surface area contributed by atoms with Crippen LogP contribution in [0.5, 0.6) is 5.75 Å². The Bertz CT molecular complexity index is 1170. The van der Waals surface area contributed by atoms with E-state index < -0.39 is 24.0 Å². The van der Waals surface area contributed by atoms with Crippen LogP contribution in [0.2, 0.25) is 0 Å². The van der Waals surface area contributed by atoms with Crippen molar-refractivity contribution in [2.75, 3.05) is 7.11 Å². The number of methoxy groups -OCH3 is 1. The maximum atomic E-state index is 13.6. The van der Waals surface area contributed by atoms with Crippen molar-refractivity contribution in [3.05, 3.63) is 89.2 Å². The second-order valence-corrected chi connectivity index (χ2v) is 8.11. The highest BCUT2D eigenvalue weighted by molar-refractivity contribution is 5.91. The predicted molar refractivity (Wildman–Crippen MR) is 123 cm³/mol. The van der Waals surface area contributed by atoms with E-state index in [1.54, 1.807) is 30.3 Å². The van der Waals surface area contributed by atoms with Crippen molar-refractivity contribution in [3.8, 4) is 16.9 Å². The summed E-state index contributed by atoms with van der Waals surface area (Å²) in [7, 11) is 1.51. The molecule has 3 aromatic rings. The summed E-state index contributed by atoms with van der Waals surface area (Å²) in [6.07, 6.45) is -3.76. The minimum Gasteiger partial charge on any atom is -0.496 e. The normalized spacial score (nSPS) is 14.3. The number of hydrogen-bond donors (Lipinski definition) is 3. The number of carbonyl (C=O) groups excluding carboxylic acids is 2. The third kappa shape index (κ3) is 4.93. The number of benzene rings is 3. The lowest BCUT2D eigenvalue weighted by Crippen LogP contribution is -2.49. The molecule has 0 radical (unpaired) electrons. The molecule has 3 aromatic carbocycles. The molecule has 3 N–H and O–H groups in total. The molecule has 4 rings (SSSR count). The first-order valence-electron chi connectivity index (χ1n) is 10.8. The average Bonchev–Trinajstić information content (AvgIpc) is 3.30. The van der Waals surface area contributed by atoms with E-state index in [2.05, 4.69) is 5.32 Å². The van der Waals surface area contributed by atoms with Crippen LogP contribution >= 0.6 is 0 Å². The van der Waals surface area contributed by atoms with Crippen molar-refractivity contribution in [2.45, 2.75) is 31.8 Å². The summed E-state index contributed by atoms with van der Waals surface area (Å²) in [5.41, 5.74) is 4.00. The van der Waals surface area contributed by atoms with Crippen molar-refractivity contribution >= 4 is 11.8 Å². The van der Waals surface area contributed by atoms with Crippen LogP contribution in [0.3, 0.4) is 0 Å². The number of fused-ring (bicyclic) bond motifs is 1. The standard InChI is InChI=1S/C26H25FN2O5/c1-34-22-11-10-20(27)12-21(22)17-8-6-16(7-9-17)13-28-25(32)23(30)24(31)26(33)29-14-18-4-2-3-5-19(18)15-29/h2-12,23-24,30-31H,13-15H2,1H3,(H,28,32)/t23-,24-/m1/s1. The summed E-state index contributed by atoms with van der Waals surface area (Å²) in [6.45, 7) is 0.720. The first-order chi connectivity index (χ1) is 16.4. The van der Waals surface area contributed by atoms with E-state index in [4.69, 9.17) is 4.74 Å². The molecule has 0 aromatic heterocycles. The Hall–Kier alpha value is -3.75. The van der Waals surface area contributed by atoms with Gasteiger partial charge in [-0.1, -0.05) is 48.5 Å². The first-order valence-corrected chi connectivity index (χ1v) is 10.8. The summed E-state index contributed by atoms with van der Waals surface area (Å²) in [6, 6.07) is 18.8. The zero-order chi connectivity index (χ0) is 24.2. The monoisotopic (exact) mass is 464 g/mol. The highest BCUT2D eigenvalue weighted by atomic mass is 19.1. The van der Waals surface area contributed by atoms with Crippen molar-refractivity contribution in [1.82, 2.24) is 10.2 Å². The van der Waals surface area contributed by atoms with Crippen molar-refractivity contribution in [3.63, 3.8) is 0 Å². The molecule has 0 bridgehead atoms. The number of nitrogens with one attached hydrogen (secondary N) is 1. The molecular formula is C26H25FN2O5. The Labute approximate surface area is 196 Å². The molecule has 0 aliphatic carbocycles. The highest BCUT2D eigenvalue weighted by Gasteiger charge is 2.35. The van der Waals surface area contributed by atoms with E-state index in [9.17, 15) is 24.2 Å². The largest absolute Gasteiger partial charge is 0.496 e. The van der Waals surface area contributed by atoms with Gasteiger partial charge in [-0.3, -0.25) is 9.59 Å². The third-order valence-electron chi connectivity index (χ3n) is 5.87. The number of rotatable bonds is 7. The van der Waals surface area contributed by atoms with Crippen molar-refractivity contribution in [1.29, 1.82) is 0 Å². The molecule has 1 aliphatic heterocycles. The Morgan fingerprint density at radius 1 is 1.00 bits per heavy atom. The van der Waals surface area contributed by atoms with Gasteiger partial charge in [0.2, 0.25) is 0 Å². The first kappa shape index (κ1) is 23.4. The van der Waals surface area contributed by atoms with Crippen LogP contribution in [0.25, 0.3) is 11.1 Å². The molecular weight excluding hydrogens is 439 g/mol. The van der Waals surface area contributed by atoms with Crippen LogP contribution < -0.4 is 10.1 Å². The van der Waals surface area contributed by atoms with Gasteiger partial charge in [-0.05, 0) is 40.5 Å². The number of aliphatic hydroxyl groups is 2. The lowest BCUT2D eigenvalue weighted by atomic mass is 10.0. The van der Waals surface area contributed by atoms with E-state index in [0.717, 1.165) is 22.3 Å². The van der Waals surface area contributed by atoms with E-state index in [0.29, 0.717) is 24.4 Å². The van der Waals surface area contributed by atoms with Gasteiger partial charge < -0.3 is 25.2 Å². The second-order valence-electron chi connectivity index (χ2n) is 8.11. The van der Waals surface area contributed by atoms with Crippen LogP contribution in [0, 0.1) is 5.82 Å². The Balaban J connectivity index is 1.33. The molecule has 2 amide bonds. The number of hydrogen-bond acceptors (Lipinski definition) is 5. The Morgan fingerprint density at radius 2 is 1.65 bits per heavy atom. The Kier molecular flexibility index (Phi) is 6.90. The van der Waals surface area contributed by atoms with Gasteiger partial charge in [0.25, 0.3) is 11.8 Å². The second kappa shape index (κ2) is 10.0. The van der Waals surface area contributed by atoms with Gasteiger partial charge in [0.05, 0.1) is 7.11 Å². The smallest absolute Gasteiger partial charge is 0.255 e. The fraction of sp³-hybridized carbons (Fsp3) is 0.231. The molecule has 0 saturated carbocycles. The lowest BCUT2D eigenvalue weighted by Gasteiger charge is -2.22. The van der Waals surface area contributed by atoms with Crippen molar-refractivity contribution in [2.24, 2.45) is 0 Å². The van der Waals surface area contributed by atoms with Crippen LogP contribution in [0.15, 0.2) is 66.7 Å². The molecule has 8 heteroatoms. The summed E-state index contributed by atoms with van der Waals surface area (Å²) >= 11 is 0. The van der Waals surface area contributed by atoms with Crippen LogP contribution in [0.4, 0.5) is 4.39 Å². The lowest BCUT2D eigenvalue weighted by molar-refractivity contribution is -0.153. The van der Waals surface area contributed by atoms with E-state index in [1.807, 2.05) is 24.3 Å². The van der Waals surface area contributed by atoms with Crippen LogP contribution in [-0.4, -0.2) is 46.2 Å². The maximum Gasteiger partial charge on any atom is 0.255 e. The fourth-order valence-electron chi connectivity index (χ4n) is 3.96. The average molecular weight is 464 g/mol. The minimum absolute atomic E-state index is 0.0759. The minimum atomic E-state index is -1.90. The number of amides is 2. The zero-order valence-electron chi connectivity index (χ0n) is 18.6. The van der Waals surface area contributed by atoms with Gasteiger partial charge in [0.15, 0.2) is 12.2 Å². The highest BCUT2D eigenvalue weighted by Crippen LogP contribution is 2.30. The van der Waals surface area contributed by atoms with Gasteiger partial charge in [-0.15, -0.1) is 0 Å². The summed E-state index contributed by atoms with van der Waals surface area (Å²) in [4.78, 5) is 26.3. The number of carbonyl (C=O) groups is 2. The zero-order valence-corrected chi connectivity index (χ0v) is 18.6. The van der Waals surface area contributed by atoms with Crippen LogP contribution in [-0.2, 0) is 29.2 Å². The van der Waals surface area contributed by atoms with Gasteiger partial charge in [-0.25, -0.2) is 4.39 Å². The molecule has 0 unspecified atom stereocenters. The molecule has 1 aliphatic rings. The molecule has 2 atom stereocenters. The SMILES string of the molecule is COc1ccc(F)cc1-c1ccc(CNC(=O)[C@H](O)[C@@H](O)C(=O)N2Cc3ccccc3C2)cc1. The van der Waals surface area contributed by atoms with Gasteiger partial charge in [0.1, 0.15) is 11.6 Å². The predicted octanol–water partition coefficient (Wildman–Crippen LogP) is 2.38. The number of aliphatic hydroxyl groups excluding tert-OH is 2. The van der Waals surface area contributed by atoms with Gasteiger partial charge >= 0.3 is 0 Å². The van der Waals surface area contributed by atoms with Crippen molar-refractivity contribution < 1.29 is 28.9 Å². The van der Waals surface area contributed by atoms with Gasteiger partial charge in [0, 0.05) is 25.2 Å². The summed E-state index contributed by atoms with van der Waals surface area (Å²) in [5, 5.41) is 23.0. The topological polar surface area (TPSA) is 99.1 Å². The molecule has 34 heavy (non-hydrogen) atoms. The molecule has 0 spiro atoms.